The van der Waals surface area contributed by atoms with Crippen LogP contribution >= 0.6 is 23.4 Å². The van der Waals surface area contributed by atoms with Crippen molar-refractivity contribution < 1.29 is 58.7 Å². The van der Waals surface area contributed by atoms with Crippen LogP contribution in [0.25, 0.3) is 5.57 Å². The fourth-order valence-corrected chi connectivity index (χ4v) is 15.3. The van der Waals surface area contributed by atoms with Crippen molar-refractivity contribution in [2.45, 2.75) is 84.7 Å². The smallest absolute Gasteiger partial charge is 0.382 e. The maximum Gasteiger partial charge on any atom is 0.501 e. The molecule has 19 nitrogen and oxygen atoms in total. The number of carbonyl (C=O) groups excluding carboxylic acids is 5. The van der Waals surface area contributed by atoms with Gasteiger partial charge >= 0.3 is 5.51 Å². The number of alkyl halides is 3. The Labute approximate surface area is 532 Å². The highest BCUT2D eigenvalue weighted by atomic mass is 35.5. The minimum absolute atomic E-state index is 0.0145. The standard InChI is InChI=1S/C64H73ClF3N9O10S3/c1-63(2)25-23-51(43-11-15-46(65)16-12-43)45(40-63)41-75-32-34-76(35-33-75)48-17-13-44(14-18-48)59(79)72-90(85,86)50-19-20-53(56(39-50)89(83,84)64(66,67)68)70-47(42-88-49-7-4-3-5-8-49)24-27-73-28-30-74(31-29-73)36-38-87-37-26-69-54-10-6-9-52-58(54)62(82)77(61(52)81)55-21-22-57(78)71-60(55)80/h3-20,39,47,55,69-70H,21-38,40-42H2,1-2H3,(H,72,79)(H,71,78,80)/t47-,55?/m1/s1. The average molecular weight is 1320 g/mol. The van der Waals surface area contributed by atoms with E-state index in [2.05, 4.69) is 61.5 Å². The Morgan fingerprint density at radius 1 is 0.778 bits per heavy atom. The molecule has 10 rings (SSSR count). The summed E-state index contributed by atoms with van der Waals surface area (Å²) < 4.78 is 106. The van der Waals surface area contributed by atoms with E-state index in [9.17, 15) is 54.0 Å². The monoisotopic (exact) mass is 1320 g/mol. The number of piperidine rings is 1. The van der Waals surface area contributed by atoms with Crippen LogP contribution in [-0.4, -0.2) is 181 Å². The highest BCUT2D eigenvalue weighted by molar-refractivity contribution is 7.99. The molecule has 3 fully saturated rings. The number of carbonyl (C=O) groups is 5. The number of nitrogens with one attached hydrogen (secondary N) is 4. The Hall–Kier alpha value is -6.84. The van der Waals surface area contributed by atoms with Crippen molar-refractivity contribution >= 4 is 95.4 Å². The van der Waals surface area contributed by atoms with E-state index in [0.29, 0.717) is 94.5 Å². The Morgan fingerprint density at radius 3 is 2.16 bits per heavy atom. The van der Waals surface area contributed by atoms with Gasteiger partial charge in [-0.1, -0.05) is 67.4 Å². The van der Waals surface area contributed by atoms with Crippen molar-refractivity contribution in [2.24, 2.45) is 5.41 Å². The number of sulfone groups is 1. The highest BCUT2D eigenvalue weighted by Crippen LogP contribution is 2.43. The molecule has 1 unspecified atom stereocenters. The van der Waals surface area contributed by atoms with Crippen molar-refractivity contribution in [3.63, 3.8) is 0 Å². The highest BCUT2D eigenvalue weighted by Gasteiger charge is 2.49. The topological polar surface area (TPSA) is 227 Å². The minimum Gasteiger partial charge on any atom is -0.382 e. The number of allylic oxidation sites excluding steroid dienone is 1. The number of piperazine rings is 2. The molecule has 2 atom stereocenters. The van der Waals surface area contributed by atoms with Gasteiger partial charge in [0.25, 0.3) is 37.6 Å². The van der Waals surface area contributed by atoms with Gasteiger partial charge in [0.05, 0.1) is 34.9 Å². The number of imide groups is 2. The number of hydrogen-bond donors (Lipinski definition) is 4. The number of fused-ring (bicyclic) bond motifs is 1. The Bertz CT molecular complexity index is 3740. The molecule has 4 aliphatic heterocycles. The summed E-state index contributed by atoms with van der Waals surface area (Å²) in [7, 11) is -11.1. The molecule has 3 saturated heterocycles. The summed E-state index contributed by atoms with van der Waals surface area (Å²) in [5.41, 5.74) is -0.502. The van der Waals surface area contributed by atoms with Crippen LogP contribution in [0, 0.1) is 5.41 Å². The number of ether oxygens (including phenoxy) is 1. The number of sulfonamides is 1. The lowest BCUT2D eigenvalue weighted by Crippen LogP contribution is -2.54. The number of thioether (sulfide) groups is 1. The van der Waals surface area contributed by atoms with Crippen molar-refractivity contribution in [1.29, 1.82) is 0 Å². The predicted molar refractivity (Wildman–Crippen MR) is 340 cm³/mol. The van der Waals surface area contributed by atoms with Crippen LogP contribution in [-0.2, 0) is 34.2 Å². The summed E-state index contributed by atoms with van der Waals surface area (Å²) in [6.45, 7) is 13.3. The van der Waals surface area contributed by atoms with E-state index in [4.69, 9.17) is 16.3 Å². The lowest BCUT2D eigenvalue weighted by atomic mass is 9.73. The van der Waals surface area contributed by atoms with E-state index >= 15 is 0 Å². The van der Waals surface area contributed by atoms with E-state index in [1.165, 1.54) is 46.7 Å². The number of nitrogens with zero attached hydrogens (tertiary/aromatic N) is 5. The van der Waals surface area contributed by atoms with E-state index in [1.54, 1.807) is 24.3 Å². The molecule has 4 N–H and O–H groups in total. The third-order valence-electron chi connectivity index (χ3n) is 17.1. The number of amides is 5. The Kier molecular flexibility index (Phi) is 20.8. The first-order chi connectivity index (χ1) is 42.9. The molecule has 5 amide bonds. The molecular weight excluding hydrogens is 1240 g/mol. The summed E-state index contributed by atoms with van der Waals surface area (Å²) in [6, 6.07) is 29.2. The average Bonchev–Trinajstić information content (AvgIpc) is 1.53. The first kappa shape index (κ1) is 66.1. The maximum absolute atomic E-state index is 14.5. The molecule has 0 aromatic heterocycles. The van der Waals surface area contributed by atoms with Gasteiger partial charge in [-0.2, -0.15) is 13.2 Å². The molecule has 5 aliphatic rings. The molecule has 0 saturated carbocycles. The Balaban J connectivity index is 0.718. The van der Waals surface area contributed by atoms with E-state index in [-0.39, 0.29) is 41.6 Å². The summed E-state index contributed by atoms with van der Waals surface area (Å²) >= 11 is 7.63. The molecule has 0 radical (unpaired) electrons. The zero-order valence-corrected chi connectivity index (χ0v) is 53.2. The van der Waals surface area contributed by atoms with Gasteiger partial charge < -0.3 is 25.2 Å². The van der Waals surface area contributed by atoms with Gasteiger partial charge in [-0.15, -0.1) is 11.8 Å². The largest absolute Gasteiger partial charge is 0.501 e. The predicted octanol–water partition coefficient (Wildman–Crippen LogP) is 8.65. The van der Waals surface area contributed by atoms with Crippen molar-refractivity contribution in [1.82, 2.24) is 29.6 Å². The van der Waals surface area contributed by atoms with Gasteiger partial charge in [0.2, 0.25) is 11.8 Å². The van der Waals surface area contributed by atoms with Crippen LogP contribution in [0.2, 0.25) is 5.02 Å². The molecule has 90 heavy (non-hydrogen) atoms. The van der Waals surface area contributed by atoms with Crippen LogP contribution < -0.4 is 25.6 Å². The third-order valence-corrected chi connectivity index (χ3v) is 21.4. The summed E-state index contributed by atoms with van der Waals surface area (Å²) in [6.07, 6.45) is 3.53. The van der Waals surface area contributed by atoms with Crippen molar-refractivity contribution in [3.8, 4) is 0 Å². The second-order valence-electron chi connectivity index (χ2n) is 23.9. The number of halogens is 4. The third kappa shape index (κ3) is 15.9. The lowest BCUT2D eigenvalue weighted by Gasteiger charge is -2.39. The quantitative estimate of drug-likeness (QED) is 0.0257. The van der Waals surface area contributed by atoms with Crippen molar-refractivity contribution in [2.75, 3.05) is 113 Å². The first-order valence-electron chi connectivity index (χ1n) is 30.0. The van der Waals surface area contributed by atoms with Crippen LogP contribution in [0.3, 0.4) is 0 Å². The molecule has 4 heterocycles. The zero-order chi connectivity index (χ0) is 64.0. The SMILES string of the molecule is CC1(C)CCC(c2ccc(Cl)cc2)=C(CN2CCN(c3ccc(C(=O)NS(=O)(=O)c4ccc(N[C@H](CCN5CCN(CCOCCNc6cccc7c6C(=O)N(C6CCC(=O)NC6=O)C7=O)CC5)CSc5ccccc5)c(S(=O)(=O)C(F)(F)F)c4)cc3)CC2)C1. The van der Waals surface area contributed by atoms with E-state index in [0.717, 1.165) is 66.5 Å². The Morgan fingerprint density at radius 2 is 1.47 bits per heavy atom. The van der Waals surface area contributed by atoms with Gasteiger partial charge in [-0.25, -0.2) is 21.6 Å². The van der Waals surface area contributed by atoms with Crippen LogP contribution in [0.15, 0.2) is 136 Å². The number of hydrogen-bond acceptors (Lipinski definition) is 17. The summed E-state index contributed by atoms with van der Waals surface area (Å²) in [4.78, 5) is 73.1. The van der Waals surface area contributed by atoms with Gasteiger partial charge in [0, 0.05) is 124 Å². The van der Waals surface area contributed by atoms with Gasteiger partial charge in [-0.3, -0.25) is 44.0 Å². The first-order valence-corrected chi connectivity index (χ1v) is 34.4. The number of rotatable bonds is 24. The summed E-state index contributed by atoms with van der Waals surface area (Å²) in [5.74, 6) is -3.11. The minimum atomic E-state index is -6.15. The van der Waals surface area contributed by atoms with E-state index in [1.807, 2.05) is 47.2 Å². The van der Waals surface area contributed by atoms with Gasteiger partial charge in [-0.05, 0) is 128 Å². The van der Waals surface area contributed by atoms with E-state index < -0.39 is 82.5 Å². The van der Waals surface area contributed by atoms with Gasteiger partial charge in [0.15, 0.2) is 0 Å². The molecular formula is C64H73ClF3N9O10S3. The number of benzene rings is 5. The molecule has 26 heteroatoms. The van der Waals surface area contributed by atoms with Gasteiger partial charge in [0.1, 0.15) is 10.9 Å². The molecule has 5 aromatic carbocycles. The van der Waals surface area contributed by atoms with Crippen LogP contribution in [0.5, 0.6) is 0 Å². The molecule has 480 valence electrons. The zero-order valence-electron chi connectivity index (χ0n) is 50.0. The summed E-state index contributed by atoms with van der Waals surface area (Å²) in [5, 5.41) is 9.10. The molecule has 1 aliphatic carbocycles. The maximum atomic E-state index is 14.5. The second-order valence-corrected chi connectivity index (χ2v) is 29.1. The fraction of sp³-hybridized carbons (Fsp3) is 0.422. The lowest BCUT2D eigenvalue weighted by molar-refractivity contribution is -0.136. The number of anilines is 3. The van der Waals surface area contributed by atoms with Crippen LogP contribution in [0.1, 0.15) is 89.0 Å². The normalized spacial score (nSPS) is 19.2. The molecule has 5 aromatic rings. The second kappa shape index (κ2) is 28.4. The van der Waals surface area contributed by atoms with Crippen molar-refractivity contribution in [3.05, 3.63) is 148 Å². The van der Waals surface area contributed by atoms with Crippen LogP contribution in [0.4, 0.5) is 30.2 Å². The fourth-order valence-electron chi connectivity index (χ4n) is 12.1. The molecule has 0 bridgehead atoms. The molecule has 0 spiro atoms.